The summed E-state index contributed by atoms with van der Waals surface area (Å²) < 4.78 is 5.71. The zero-order valence-electron chi connectivity index (χ0n) is 19.8. The van der Waals surface area contributed by atoms with Crippen LogP contribution in [0.5, 0.6) is 0 Å². The fraction of sp³-hybridized carbons (Fsp3) is 0.214. The van der Waals surface area contributed by atoms with Crippen LogP contribution in [0.3, 0.4) is 0 Å². The second kappa shape index (κ2) is 9.93. The first-order valence-corrected chi connectivity index (χ1v) is 11.4. The average molecular weight is 471 g/mol. The molecule has 3 aromatic rings. The Balaban J connectivity index is 1.62. The molecular weight excluding hydrogens is 444 g/mol. The number of amides is 3. The monoisotopic (exact) mass is 470 g/mol. The van der Waals surface area contributed by atoms with Gasteiger partial charge in [-0.05, 0) is 43.5 Å². The number of benzene rings is 3. The smallest absolute Gasteiger partial charge is 0.330 e. The number of nitrogens with zero attached hydrogens (tertiary/aromatic N) is 1. The fourth-order valence-electron chi connectivity index (χ4n) is 4.24. The Bertz CT molecular complexity index is 1250. The largest absolute Gasteiger partial charge is 0.446 e. The van der Waals surface area contributed by atoms with Crippen molar-refractivity contribution >= 4 is 29.4 Å². The Kier molecular flexibility index (Phi) is 6.78. The number of fused-ring (bicyclic) bond motifs is 1. The van der Waals surface area contributed by atoms with Crippen LogP contribution in [0.2, 0.25) is 0 Å². The van der Waals surface area contributed by atoms with Crippen molar-refractivity contribution in [3.8, 4) is 0 Å². The Morgan fingerprint density at radius 3 is 1.91 bits per heavy atom. The highest BCUT2D eigenvalue weighted by Crippen LogP contribution is 2.29. The molecule has 0 saturated carbocycles. The highest BCUT2D eigenvalue weighted by molar-refractivity contribution is 6.22. The summed E-state index contributed by atoms with van der Waals surface area (Å²) in [6.07, 6.45) is -1.13. The number of para-hydroxylation sites is 1. The Labute approximate surface area is 203 Å². The summed E-state index contributed by atoms with van der Waals surface area (Å²) in [5.41, 5.74) is 3.35. The minimum absolute atomic E-state index is 0.143. The van der Waals surface area contributed by atoms with Crippen molar-refractivity contribution in [2.75, 3.05) is 5.32 Å². The summed E-state index contributed by atoms with van der Waals surface area (Å²) in [5, 5.41) is 2.88. The van der Waals surface area contributed by atoms with Crippen LogP contribution >= 0.6 is 0 Å². The number of hydrogen-bond donors (Lipinski definition) is 1. The van der Waals surface area contributed by atoms with E-state index in [0.29, 0.717) is 11.3 Å². The maximum atomic E-state index is 13.4. The summed E-state index contributed by atoms with van der Waals surface area (Å²) in [6.45, 7) is 5.44. The lowest BCUT2D eigenvalue weighted by atomic mass is 10.1. The number of imide groups is 1. The Hall–Kier alpha value is -4.26. The normalized spacial score (nSPS) is 14.3. The predicted octanol–water partition coefficient (Wildman–Crippen LogP) is 4.60. The van der Waals surface area contributed by atoms with E-state index < -0.39 is 35.8 Å². The number of carbonyl (C=O) groups is 4. The molecule has 3 aromatic carbocycles. The van der Waals surface area contributed by atoms with E-state index >= 15 is 0 Å². The van der Waals surface area contributed by atoms with Crippen molar-refractivity contribution in [1.82, 2.24) is 4.90 Å². The average Bonchev–Trinajstić information content (AvgIpc) is 3.11. The van der Waals surface area contributed by atoms with E-state index in [2.05, 4.69) is 5.32 Å². The molecule has 7 heteroatoms. The minimum Gasteiger partial charge on any atom is -0.446 e. The molecule has 0 radical (unpaired) electrons. The highest BCUT2D eigenvalue weighted by atomic mass is 16.5. The zero-order chi connectivity index (χ0) is 25.1. The van der Waals surface area contributed by atoms with Gasteiger partial charge in [0.25, 0.3) is 17.7 Å². The number of anilines is 1. The second-order valence-electron chi connectivity index (χ2n) is 8.43. The molecule has 1 aliphatic rings. The number of esters is 1. The van der Waals surface area contributed by atoms with Gasteiger partial charge in [-0.3, -0.25) is 19.3 Å². The zero-order valence-corrected chi connectivity index (χ0v) is 19.8. The number of ether oxygens (including phenoxy) is 1. The van der Waals surface area contributed by atoms with Gasteiger partial charge in [-0.25, -0.2) is 4.79 Å². The van der Waals surface area contributed by atoms with Gasteiger partial charge in [0.2, 0.25) is 6.10 Å². The van der Waals surface area contributed by atoms with E-state index in [4.69, 9.17) is 4.74 Å². The van der Waals surface area contributed by atoms with Crippen LogP contribution in [0.1, 0.15) is 56.9 Å². The van der Waals surface area contributed by atoms with Crippen LogP contribution < -0.4 is 5.32 Å². The lowest BCUT2D eigenvalue weighted by Crippen LogP contribution is -2.46. The van der Waals surface area contributed by atoms with Crippen LogP contribution in [0, 0.1) is 13.8 Å². The van der Waals surface area contributed by atoms with E-state index in [1.54, 1.807) is 61.5 Å². The molecule has 1 aliphatic heterocycles. The molecule has 0 aromatic heterocycles. The van der Waals surface area contributed by atoms with E-state index in [9.17, 15) is 19.2 Å². The number of hydrogen-bond acceptors (Lipinski definition) is 5. The van der Waals surface area contributed by atoms with Gasteiger partial charge >= 0.3 is 5.97 Å². The number of carbonyl (C=O) groups excluding carboxylic acids is 4. The van der Waals surface area contributed by atoms with Gasteiger partial charge in [-0.1, -0.05) is 67.6 Å². The quantitative estimate of drug-likeness (QED) is 0.402. The molecule has 7 nitrogen and oxygen atoms in total. The summed E-state index contributed by atoms with van der Waals surface area (Å²) in [5.74, 6) is -2.46. The number of aryl methyl sites for hydroxylation is 2. The first-order valence-electron chi connectivity index (χ1n) is 11.4. The molecule has 35 heavy (non-hydrogen) atoms. The SMILES string of the molecule is CC[C@H](C(=O)O[C@H](C(=O)Nc1c(C)cccc1C)c1ccccc1)N1C(=O)c2ccccc2C1=O. The summed E-state index contributed by atoms with van der Waals surface area (Å²) in [4.78, 5) is 53.5. The number of nitrogens with one attached hydrogen (secondary N) is 1. The van der Waals surface area contributed by atoms with Crippen molar-refractivity contribution in [2.24, 2.45) is 0 Å². The van der Waals surface area contributed by atoms with Crippen molar-refractivity contribution in [3.05, 3.63) is 101 Å². The molecule has 0 spiro atoms. The van der Waals surface area contributed by atoms with Gasteiger partial charge < -0.3 is 10.1 Å². The lowest BCUT2D eigenvalue weighted by molar-refractivity contribution is -0.158. The Morgan fingerprint density at radius 2 is 1.37 bits per heavy atom. The topological polar surface area (TPSA) is 92.8 Å². The van der Waals surface area contributed by atoms with E-state index in [0.717, 1.165) is 16.0 Å². The number of rotatable bonds is 7. The summed E-state index contributed by atoms with van der Waals surface area (Å²) in [7, 11) is 0. The second-order valence-corrected chi connectivity index (χ2v) is 8.43. The molecule has 0 fully saturated rings. The molecular formula is C28H26N2O5. The molecule has 1 heterocycles. The molecule has 1 N–H and O–H groups in total. The molecule has 2 atom stereocenters. The summed E-state index contributed by atoms with van der Waals surface area (Å²) >= 11 is 0. The van der Waals surface area contributed by atoms with E-state index in [-0.39, 0.29) is 17.5 Å². The van der Waals surface area contributed by atoms with Gasteiger partial charge in [-0.15, -0.1) is 0 Å². The predicted molar refractivity (Wildman–Crippen MR) is 131 cm³/mol. The third-order valence-electron chi connectivity index (χ3n) is 6.10. The van der Waals surface area contributed by atoms with E-state index in [1.165, 1.54) is 0 Å². The van der Waals surface area contributed by atoms with Gasteiger partial charge in [-0.2, -0.15) is 0 Å². The van der Waals surface area contributed by atoms with Crippen LogP contribution in [0.15, 0.2) is 72.8 Å². The Morgan fingerprint density at radius 1 is 0.829 bits per heavy atom. The molecule has 0 bridgehead atoms. The first kappa shape index (κ1) is 23.9. The van der Waals surface area contributed by atoms with Crippen LogP contribution in [-0.2, 0) is 14.3 Å². The third kappa shape index (κ3) is 4.57. The maximum absolute atomic E-state index is 13.4. The first-order chi connectivity index (χ1) is 16.8. The molecule has 3 amide bonds. The van der Waals surface area contributed by atoms with Crippen molar-refractivity contribution in [3.63, 3.8) is 0 Å². The summed E-state index contributed by atoms with van der Waals surface area (Å²) in [6, 6.07) is 19.6. The third-order valence-corrected chi connectivity index (χ3v) is 6.10. The lowest BCUT2D eigenvalue weighted by Gasteiger charge is -2.26. The minimum atomic E-state index is -1.27. The fourth-order valence-corrected chi connectivity index (χ4v) is 4.24. The van der Waals surface area contributed by atoms with Gasteiger partial charge in [0, 0.05) is 11.3 Å². The molecule has 0 saturated heterocycles. The molecule has 0 unspecified atom stereocenters. The van der Waals surface area contributed by atoms with Gasteiger partial charge in [0.05, 0.1) is 11.1 Å². The van der Waals surface area contributed by atoms with Crippen LogP contribution in [0.4, 0.5) is 5.69 Å². The standard InChI is InChI=1S/C28H26N2O5/c1-4-22(30-26(32)20-15-8-9-16-21(20)27(30)33)28(34)35-24(19-13-6-5-7-14-19)25(31)29-23-17(2)11-10-12-18(23)3/h5-16,22,24H,4H2,1-3H3,(H,29,31)/t22-,24+/m1/s1. The molecule has 4 rings (SSSR count). The van der Waals surface area contributed by atoms with Crippen LogP contribution in [-0.4, -0.2) is 34.6 Å². The molecule has 178 valence electrons. The highest BCUT2D eigenvalue weighted by Gasteiger charge is 2.43. The van der Waals surface area contributed by atoms with Gasteiger partial charge in [0.1, 0.15) is 6.04 Å². The van der Waals surface area contributed by atoms with E-state index in [1.807, 2.05) is 32.0 Å². The van der Waals surface area contributed by atoms with Crippen molar-refractivity contribution in [1.29, 1.82) is 0 Å². The maximum Gasteiger partial charge on any atom is 0.330 e. The van der Waals surface area contributed by atoms with Gasteiger partial charge in [0.15, 0.2) is 0 Å². The molecule has 0 aliphatic carbocycles. The van der Waals surface area contributed by atoms with Crippen molar-refractivity contribution in [2.45, 2.75) is 39.3 Å². The van der Waals surface area contributed by atoms with Crippen LogP contribution in [0.25, 0.3) is 0 Å². The van der Waals surface area contributed by atoms with Crippen molar-refractivity contribution < 1.29 is 23.9 Å².